The molecule has 2 aliphatic heterocycles. The first-order valence-electron chi connectivity index (χ1n) is 26.8. The summed E-state index contributed by atoms with van der Waals surface area (Å²) in [4.78, 5) is 8.98. The Morgan fingerprint density at radius 3 is 1.32 bits per heavy atom. The van der Waals surface area contributed by atoms with E-state index in [0.717, 1.165) is 74.1 Å². The maximum absolute atomic E-state index is 7.07. The van der Waals surface area contributed by atoms with Crippen LogP contribution >= 0.6 is 11.6 Å². The number of hydrogen-bond donors (Lipinski definition) is 0. The fourth-order valence-electron chi connectivity index (χ4n) is 11.0. The van der Waals surface area contributed by atoms with E-state index in [1.165, 1.54) is 22.1 Å². The Labute approximate surface area is 472 Å². The van der Waals surface area contributed by atoms with E-state index in [0.29, 0.717) is 16.5 Å². The molecule has 0 aliphatic carbocycles. The highest BCUT2D eigenvalue weighted by molar-refractivity contribution is 6.99. The second-order valence-electron chi connectivity index (χ2n) is 19.4. The van der Waals surface area contributed by atoms with Gasteiger partial charge in [0.25, 0.3) is 6.71 Å². The van der Waals surface area contributed by atoms with E-state index in [-0.39, 0.29) is 6.71 Å². The summed E-state index contributed by atoms with van der Waals surface area (Å²) in [6, 6.07) is 108. The van der Waals surface area contributed by atoms with Crippen LogP contribution in [0.25, 0.3) is 0 Å². The number of halogens is 1. The Balaban J connectivity index is 0.000000151. The summed E-state index contributed by atoms with van der Waals surface area (Å²) < 4.78 is 13.2. The van der Waals surface area contributed by atoms with Crippen LogP contribution in [0.3, 0.4) is 0 Å². The van der Waals surface area contributed by atoms with Crippen LogP contribution in [0, 0.1) is 0 Å². The molecule has 14 rings (SSSR count). The summed E-state index contributed by atoms with van der Waals surface area (Å²) in [6.07, 6.45) is 0. The van der Waals surface area contributed by atoms with Gasteiger partial charge in [-0.15, -0.1) is 0 Å². The van der Waals surface area contributed by atoms with Gasteiger partial charge in [-0.25, -0.2) is 0 Å². The topological polar surface area (TPSA) is 31.4 Å². The lowest BCUT2D eigenvalue weighted by atomic mass is 9.34. The number of rotatable bonds is 12. The molecule has 0 amide bonds. The van der Waals surface area contributed by atoms with E-state index in [1.54, 1.807) is 0 Å². The van der Waals surface area contributed by atoms with Gasteiger partial charge in [-0.05, 0) is 150 Å². The summed E-state index contributed by atoms with van der Waals surface area (Å²) >= 11 is 7.07. The molecule has 6 nitrogen and oxygen atoms in total. The Kier molecular flexibility index (Phi) is 13.8. The molecule has 2 heterocycles. The maximum atomic E-state index is 7.07. The number of fused-ring (bicyclic) bond motifs is 4. The zero-order valence-corrected chi connectivity index (χ0v) is 44.3. The van der Waals surface area contributed by atoms with Gasteiger partial charge in [-0.2, -0.15) is 0 Å². The minimum Gasteiger partial charge on any atom is -0.458 e. The molecule has 12 aromatic rings. The minimum absolute atomic E-state index is 0.0852. The van der Waals surface area contributed by atoms with Gasteiger partial charge in [0.15, 0.2) is 0 Å². The van der Waals surface area contributed by atoms with Crippen molar-refractivity contribution in [1.82, 2.24) is 0 Å². The number of benzene rings is 12. The number of para-hydroxylation sites is 8. The van der Waals surface area contributed by atoms with Gasteiger partial charge in [-0.3, -0.25) is 0 Å². The average molecular weight is 1050 g/mol. The molecule has 0 saturated carbocycles. The quantitative estimate of drug-likeness (QED) is 0.113. The second kappa shape index (κ2) is 22.4. The predicted octanol–water partition coefficient (Wildman–Crippen LogP) is 18.6. The third-order valence-electron chi connectivity index (χ3n) is 14.4. The summed E-state index contributed by atoms with van der Waals surface area (Å²) in [7, 11) is 0. The van der Waals surface area contributed by atoms with E-state index >= 15 is 0 Å². The van der Waals surface area contributed by atoms with Crippen LogP contribution in [0.1, 0.15) is 0 Å². The standard InChI is InChI=1S/C36H25BN2O.C36H27ClN2O/c1-4-13-26(14-5-1)38(27-15-6-2-7-16-27)29-23-24-31-35(25-29)40-34-22-12-21-33-36(34)37(31)30-19-10-11-20-32(30)39(33)28-17-8-3-9-18-28;37-36-34(39(30-19-9-3-10-20-30)31-21-11-4-12-22-31)25-14-26-35(36)40-33-24-13-23-32(27-33)38(28-15-5-1-6-16-28)29-17-7-2-8-18-29/h1-25H;1-27H. The molecule has 0 aromatic heterocycles. The lowest BCUT2D eigenvalue weighted by Gasteiger charge is -2.40. The Morgan fingerprint density at radius 2 is 0.775 bits per heavy atom. The Hall–Kier alpha value is -10.2. The molecule has 0 N–H and O–H groups in total. The fraction of sp³-hybridized carbons (Fsp3) is 0. The van der Waals surface area contributed by atoms with Crippen molar-refractivity contribution in [3.8, 4) is 23.0 Å². The second-order valence-corrected chi connectivity index (χ2v) is 19.8. The highest BCUT2D eigenvalue weighted by atomic mass is 35.5. The van der Waals surface area contributed by atoms with Crippen LogP contribution in [0.2, 0.25) is 5.02 Å². The zero-order valence-electron chi connectivity index (χ0n) is 43.6. The SMILES string of the molecule is Clc1c(Oc2cccc(N(c3ccccc3)c3ccccc3)c2)cccc1N(c1ccccc1)c1ccccc1.c1ccc(N(c2ccccc2)c2ccc3c(c2)Oc2cccc4c2B3c2ccccc2N4c2ccccc2)cc1. The van der Waals surface area contributed by atoms with Crippen LogP contribution in [0.5, 0.6) is 23.0 Å². The van der Waals surface area contributed by atoms with Crippen LogP contribution in [-0.4, -0.2) is 6.71 Å². The van der Waals surface area contributed by atoms with Crippen molar-refractivity contribution >= 4 is 103 Å². The first-order chi connectivity index (χ1) is 39.6. The van der Waals surface area contributed by atoms with Crippen molar-refractivity contribution in [3.63, 3.8) is 0 Å². The van der Waals surface area contributed by atoms with Gasteiger partial charge in [0.2, 0.25) is 0 Å². The van der Waals surface area contributed by atoms with Crippen molar-refractivity contribution in [1.29, 1.82) is 0 Å². The molecule has 12 aromatic carbocycles. The van der Waals surface area contributed by atoms with Crippen molar-refractivity contribution in [3.05, 3.63) is 320 Å². The van der Waals surface area contributed by atoms with E-state index in [2.05, 4.69) is 226 Å². The van der Waals surface area contributed by atoms with Crippen LogP contribution in [0.4, 0.5) is 68.2 Å². The molecule has 8 heteroatoms. The predicted molar refractivity (Wildman–Crippen MR) is 334 cm³/mol. The van der Waals surface area contributed by atoms with Gasteiger partial charge >= 0.3 is 0 Å². The third-order valence-corrected chi connectivity index (χ3v) is 14.8. The number of anilines is 12. The summed E-state index contributed by atoms with van der Waals surface area (Å²) in [5.74, 6) is 3.08. The summed E-state index contributed by atoms with van der Waals surface area (Å²) in [6.45, 7) is 0.0852. The van der Waals surface area contributed by atoms with E-state index in [9.17, 15) is 0 Å². The van der Waals surface area contributed by atoms with E-state index in [4.69, 9.17) is 21.1 Å². The minimum atomic E-state index is 0.0852. The maximum Gasteiger partial charge on any atom is 0.256 e. The van der Waals surface area contributed by atoms with Gasteiger partial charge in [-0.1, -0.05) is 181 Å². The number of ether oxygens (including phenoxy) is 2. The third kappa shape index (κ3) is 9.79. The Bertz CT molecular complexity index is 3930. The molecule has 0 bridgehead atoms. The molecule has 382 valence electrons. The zero-order chi connectivity index (χ0) is 53.6. The first-order valence-corrected chi connectivity index (χ1v) is 27.2. The van der Waals surface area contributed by atoms with Gasteiger partial charge < -0.3 is 29.1 Å². The van der Waals surface area contributed by atoms with Gasteiger partial charge in [0.05, 0.1) is 5.69 Å². The molecule has 2 aliphatic rings. The van der Waals surface area contributed by atoms with Crippen molar-refractivity contribution in [2.24, 2.45) is 0 Å². The highest BCUT2D eigenvalue weighted by Crippen LogP contribution is 2.46. The lowest BCUT2D eigenvalue weighted by molar-refractivity contribution is 0.483. The highest BCUT2D eigenvalue weighted by Gasteiger charge is 2.41. The molecule has 0 radical (unpaired) electrons. The molecular weight excluding hydrogens is 999 g/mol. The van der Waals surface area contributed by atoms with Crippen molar-refractivity contribution < 1.29 is 9.47 Å². The molecule has 0 saturated heterocycles. The van der Waals surface area contributed by atoms with E-state index < -0.39 is 0 Å². The van der Waals surface area contributed by atoms with Gasteiger partial charge in [0, 0.05) is 74.7 Å². The molecule has 0 fully saturated rings. The normalized spacial score (nSPS) is 11.6. The van der Waals surface area contributed by atoms with E-state index in [1.807, 2.05) is 109 Å². The lowest BCUT2D eigenvalue weighted by Crippen LogP contribution is -2.59. The molecule has 0 atom stereocenters. The van der Waals surface area contributed by atoms with Crippen LogP contribution in [-0.2, 0) is 0 Å². The smallest absolute Gasteiger partial charge is 0.256 e. The van der Waals surface area contributed by atoms with Crippen molar-refractivity contribution in [2.45, 2.75) is 0 Å². The van der Waals surface area contributed by atoms with Gasteiger partial charge in [0.1, 0.15) is 28.0 Å². The first kappa shape index (κ1) is 49.4. The Morgan fingerprint density at radius 1 is 0.338 bits per heavy atom. The van der Waals surface area contributed by atoms with Crippen LogP contribution in [0.15, 0.2) is 315 Å². The summed E-state index contributed by atoms with van der Waals surface area (Å²) in [5.41, 5.74) is 16.4. The van der Waals surface area contributed by atoms with Crippen molar-refractivity contribution in [2.75, 3.05) is 19.6 Å². The number of hydrogen-bond acceptors (Lipinski definition) is 6. The monoisotopic (exact) mass is 1050 g/mol. The van der Waals surface area contributed by atoms with Crippen LogP contribution < -0.4 is 45.5 Å². The molecule has 80 heavy (non-hydrogen) atoms. The largest absolute Gasteiger partial charge is 0.458 e. The fourth-order valence-corrected chi connectivity index (χ4v) is 11.2. The summed E-state index contributed by atoms with van der Waals surface area (Å²) in [5, 5.41) is 0.531. The average Bonchev–Trinajstić information content (AvgIpc) is 3.57. The molecule has 0 spiro atoms. The molecular formula is C72H52BClN4O2. The molecule has 0 unspecified atom stereocenters. The number of nitrogens with zero attached hydrogens (tertiary/aromatic N) is 4.